The molecule has 0 radical (unpaired) electrons. The maximum Gasteiger partial charge on any atom is 0.230 e. The molecule has 1 aliphatic rings. The molecule has 4 aromatic rings. The summed E-state index contributed by atoms with van der Waals surface area (Å²) in [6.45, 7) is 2.80. The highest BCUT2D eigenvalue weighted by molar-refractivity contribution is 5.95. The van der Waals surface area contributed by atoms with Gasteiger partial charge in [0.05, 0.1) is 11.1 Å². The Kier molecular flexibility index (Phi) is 4.39. The number of nitrogens with one attached hydrogen (secondary N) is 1. The summed E-state index contributed by atoms with van der Waals surface area (Å²) in [5.74, 6) is 0.488. The monoisotopic (exact) mass is 403 g/mol. The van der Waals surface area contributed by atoms with Gasteiger partial charge in [-0.15, -0.1) is 0 Å². The standard InChI is InChI=1S/C22H18FN5O2/c1-13(29)28-8-6-14(7-9-28)19-10-17-21(24-12-25-22(17)30-19)18-11-26-27-20(18)15-2-4-16(23)5-3-15/h2-6,10-12H,7-9H2,1H3,(H,26,27). The van der Waals surface area contributed by atoms with Crippen molar-refractivity contribution in [3.63, 3.8) is 0 Å². The third kappa shape index (κ3) is 3.16. The maximum atomic E-state index is 13.3. The molecule has 0 saturated heterocycles. The Morgan fingerprint density at radius 1 is 1.20 bits per heavy atom. The van der Waals surface area contributed by atoms with E-state index in [1.54, 1.807) is 30.2 Å². The molecule has 0 fully saturated rings. The predicted octanol–water partition coefficient (Wildman–Crippen LogP) is 4.05. The second kappa shape index (κ2) is 7.22. The van der Waals surface area contributed by atoms with Crippen LogP contribution >= 0.6 is 0 Å². The first-order valence-corrected chi connectivity index (χ1v) is 9.59. The molecule has 0 atom stereocenters. The van der Waals surface area contributed by atoms with E-state index in [0.717, 1.165) is 27.8 Å². The van der Waals surface area contributed by atoms with Gasteiger partial charge in [0.1, 0.15) is 23.6 Å². The molecule has 8 heteroatoms. The number of furan rings is 1. The zero-order chi connectivity index (χ0) is 20.7. The highest BCUT2D eigenvalue weighted by Gasteiger charge is 2.21. The third-order valence-corrected chi connectivity index (χ3v) is 5.31. The number of amides is 1. The van der Waals surface area contributed by atoms with Crippen molar-refractivity contribution < 1.29 is 13.6 Å². The lowest BCUT2D eigenvalue weighted by Gasteiger charge is -2.24. The predicted molar refractivity (Wildman–Crippen MR) is 110 cm³/mol. The number of hydrogen-bond donors (Lipinski definition) is 1. The van der Waals surface area contributed by atoms with Crippen molar-refractivity contribution >= 4 is 22.6 Å². The van der Waals surface area contributed by atoms with Crippen molar-refractivity contribution in [1.29, 1.82) is 0 Å². The molecule has 1 N–H and O–H groups in total. The summed E-state index contributed by atoms with van der Waals surface area (Å²) >= 11 is 0. The SMILES string of the molecule is CC(=O)N1CC=C(c2cc3c(-c4c[nH]nc4-c4ccc(F)cc4)ncnc3o2)CC1. The van der Waals surface area contributed by atoms with Crippen LogP contribution in [-0.4, -0.2) is 44.1 Å². The zero-order valence-corrected chi connectivity index (χ0v) is 16.2. The molecule has 0 spiro atoms. The first-order valence-electron chi connectivity index (χ1n) is 9.59. The van der Waals surface area contributed by atoms with Crippen LogP contribution in [0, 0.1) is 5.82 Å². The van der Waals surface area contributed by atoms with E-state index in [4.69, 9.17) is 4.42 Å². The van der Waals surface area contributed by atoms with Gasteiger partial charge >= 0.3 is 0 Å². The van der Waals surface area contributed by atoms with E-state index in [0.29, 0.717) is 36.6 Å². The molecule has 3 aromatic heterocycles. The quantitative estimate of drug-likeness (QED) is 0.557. The van der Waals surface area contributed by atoms with Crippen molar-refractivity contribution in [2.24, 2.45) is 0 Å². The molecule has 0 unspecified atom stereocenters. The molecular formula is C22H18FN5O2. The summed E-state index contributed by atoms with van der Waals surface area (Å²) < 4.78 is 19.3. The van der Waals surface area contributed by atoms with E-state index < -0.39 is 0 Å². The molecule has 0 aliphatic carbocycles. The van der Waals surface area contributed by atoms with Gasteiger partial charge in [0.2, 0.25) is 11.6 Å². The van der Waals surface area contributed by atoms with Gasteiger partial charge in [-0.3, -0.25) is 9.89 Å². The number of H-pyrrole nitrogens is 1. The number of rotatable bonds is 3. The lowest BCUT2D eigenvalue weighted by molar-refractivity contribution is -0.128. The summed E-state index contributed by atoms with van der Waals surface area (Å²) in [6, 6.07) is 8.10. The van der Waals surface area contributed by atoms with Crippen LogP contribution < -0.4 is 0 Å². The van der Waals surface area contributed by atoms with E-state index in [9.17, 15) is 9.18 Å². The maximum absolute atomic E-state index is 13.3. The number of fused-ring (bicyclic) bond motifs is 1. The van der Waals surface area contributed by atoms with E-state index >= 15 is 0 Å². The van der Waals surface area contributed by atoms with Crippen LogP contribution in [0.15, 0.2) is 53.3 Å². The fourth-order valence-electron chi connectivity index (χ4n) is 3.71. The molecule has 150 valence electrons. The summed E-state index contributed by atoms with van der Waals surface area (Å²) in [7, 11) is 0. The minimum atomic E-state index is -0.302. The lowest BCUT2D eigenvalue weighted by Crippen LogP contribution is -2.32. The number of hydrogen-bond acceptors (Lipinski definition) is 5. The molecule has 1 aliphatic heterocycles. The van der Waals surface area contributed by atoms with Gasteiger partial charge in [0.25, 0.3) is 0 Å². The highest BCUT2D eigenvalue weighted by Crippen LogP contribution is 2.36. The molecule has 4 heterocycles. The lowest BCUT2D eigenvalue weighted by atomic mass is 10.0. The van der Waals surface area contributed by atoms with E-state index in [1.807, 2.05) is 12.1 Å². The van der Waals surface area contributed by atoms with Gasteiger partial charge in [-0.05, 0) is 42.3 Å². The zero-order valence-electron chi connectivity index (χ0n) is 16.2. The Balaban J connectivity index is 1.56. The van der Waals surface area contributed by atoms with Gasteiger partial charge < -0.3 is 9.32 Å². The van der Waals surface area contributed by atoms with Crippen LogP contribution in [0.4, 0.5) is 4.39 Å². The Morgan fingerprint density at radius 3 is 2.77 bits per heavy atom. The average molecular weight is 403 g/mol. The first-order chi connectivity index (χ1) is 14.6. The van der Waals surface area contributed by atoms with Crippen molar-refractivity contribution in [2.45, 2.75) is 13.3 Å². The number of aromatic amines is 1. The molecular weight excluding hydrogens is 385 g/mol. The van der Waals surface area contributed by atoms with Crippen LogP contribution in [0.25, 0.3) is 39.2 Å². The number of carbonyl (C=O) groups excluding carboxylic acids is 1. The molecule has 1 aromatic carbocycles. The smallest absolute Gasteiger partial charge is 0.230 e. The van der Waals surface area contributed by atoms with Crippen molar-refractivity contribution in [2.75, 3.05) is 13.1 Å². The number of aromatic nitrogens is 4. The van der Waals surface area contributed by atoms with Gasteiger partial charge in [0, 0.05) is 37.3 Å². The molecule has 0 saturated carbocycles. The highest BCUT2D eigenvalue weighted by atomic mass is 19.1. The molecule has 7 nitrogen and oxygen atoms in total. The third-order valence-electron chi connectivity index (χ3n) is 5.31. The number of nitrogens with zero attached hydrogens (tertiary/aromatic N) is 4. The molecule has 0 bridgehead atoms. The van der Waals surface area contributed by atoms with E-state index in [2.05, 4.69) is 20.2 Å². The van der Waals surface area contributed by atoms with Crippen molar-refractivity contribution in [1.82, 2.24) is 25.1 Å². The van der Waals surface area contributed by atoms with Crippen molar-refractivity contribution in [3.05, 3.63) is 60.5 Å². The normalized spacial score (nSPS) is 14.2. The van der Waals surface area contributed by atoms with Crippen LogP contribution in [0.3, 0.4) is 0 Å². The molecule has 1 amide bonds. The fraction of sp³-hybridized carbons (Fsp3) is 0.182. The van der Waals surface area contributed by atoms with Gasteiger partial charge in [-0.25, -0.2) is 14.4 Å². The Labute approximate surface area is 171 Å². The minimum absolute atomic E-state index is 0.0661. The average Bonchev–Trinajstić information content (AvgIpc) is 3.41. The fourth-order valence-corrected chi connectivity index (χ4v) is 3.71. The molecule has 30 heavy (non-hydrogen) atoms. The summed E-state index contributed by atoms with van der Waals surface area (Å²) in [5.41, 5.74) is 4.44. The minimum Gasteiger partial charge on any atom is -0.438 e. The topological polar surface area (TPSA) is 87.9 Å². The number of carbonyl (C=O) groups is 1. The van der Waals surface area contributed by atoms with Gasteiger partial charge in [-0.1, -0.05) is 6.08 Å². The Bertz CT molecular complexity index is 1270. The molecule has 5 rings (SSSR count). The van der Waals surface area contributed by atoms with Crippen LogP contribution in [0.5, 0.6) is 0 Å². The summed E-state index contributed by atoms with van der Waals surface area (Å²) in [5, 5.41) is 7.98. The number of halogens is 1. The van der Waals surface area contributed by atoms with E-state index in [1.165, 1.54) is 18.5 Å². The first kappa shape index (κ1) is 18.2. The van der Waals surface area contributed by atoms with Crippen LogP contribution in [0.2, 0.25) is 0 Å². The van der Waals surface area contributed by atoms with Gasteiger partial charge in [0.15, 0.2) is 0 Å². The Morgan fingerprint density at radius 2 is 2.03 bits per heavy atom. The Hall–Kier alpha value is -3.81. The number of benzene rings is 1. The van der Waals surface area contributed by atoms with E-state index in [-0.39, 0.29) is 11.7 Å². The van der Waals surface area contributed by atoms with Crippen LogP contribution in [-0.2, 0) is 4.79 Å². The van der Waals surface area contributed by atoms with Gasteiger partial charge in [-0.2, -0.15) is 5.10 Å². The summed E-state index contributed by atoms with van der Waals surface area (Å²) in [6.07, 6.45) is 5.95. The van der Waals surface area contributed by atoms with Crippen LogP contribution in [0.1, 0.15) is 19.1 Å². The second-order valence-corrected chi connectivity index (χ2v) is 7.15. The largest absolute Gasteiger partial charge is 0.438 e. The summed E-state index contributed by atoms with van der Waals surface area (Å²) in [4.78, 5) is 22.1. The second-order valence-electron chi connectivity index (χ2n) is 7.15. The van der Waals surface area contributed by atoms with Crippen molar-refractivity contribution in [3.8, 4) is 22.5 Å².